The summed E-state index contributed by atoms with van der Waals surface area (Å²) in [4.78, 5) is 0. The van der Waals surface area contributed by atoms with Crippen molar-refractivity contribution in [2.75, 3.05) is 0 Å². The van der Waals surface area contributed by atoms with Crippen LogP contribution < -0.4 is 0 Å². The Morgan fingerprint density at radius 2 is 0.439 bits per heavy atom. The predicted molar refractivity (Wildman–Crippen MR) is 455 cm³/mol. The minimum absolute atomic E-state index is 0. The van der Waals surface area contributed by atoms with Gasteiger partial charge in [0, 0.05) is 14.3 Å². The summed E-state index contributed by atoms with van der Waals surface area (Å²) < 4.78 is 0. The van der Waals surface area contributed by atoms with E-state index in [9.17, 15) is 0 Å². The average Bonchev–Trinajstić information content (AvgIpc) is 0.910. The molecule has 2 aromatic carbocycles. The SMILES string of the molecule is CC1=CCC(C2CCC(C)CC2)CC1.CC1CC=C(C2CCC(C)CC2)CC1.CC1CCC(C2CCC(C)CC2)CC1.CC1CCC(C2CCC(C)CC2)CC1.CC1CCC(C2CCC(C)CC2)CC1.Cc1ccc(C2CCC(C)CC2)cc1.Cc1ccc(C2CCC(C)CC2)cc1.[HH].[HH].[HH].[HH].[HH].[HH].[HH].[HH].[HH].[HH]. The summed E-state index contributed by atoms with van der Waals surface area (Å²) in [5, 5.41) is 0. The molecule has 0 heterocycles. The van der Waals surface area contributed by atoms with Gasteiger partial charge in [0.25, 0.3) is 0 Å². The minimum atomic E-state index is 0. The van der Waals surface area contributed by atoms with E-state index in [1.54, 1.807) is 93.7 Å². The average molecular weight is 1360 g/mol. The van der Waals surface area contributed by atoms with Gasteiger partial charge in [0.1, 0.15) is 0 Å². The van der Waals surface area contributed by atoms with Gasteiger partial charge in [0.2, 0.25) is 0 Å². The van der Waals surface area contributed by atoms with Crippen LogP contribution in [-0.2, 0) is 0 Å². The highest BCUT2D eigenvalue weighted by atomic mass is 14.4. The van der Waals surface area contributed by atoms with Crippen molar-refractivity contribution in [1.29, 1.82) is 0 Å². The van der Waals surface area contributed by atoms with Gasteiger partial charge in [0.05, 0.1) is 0 Å². The first-order valence-electron chi connectivity index (χ1n) is 44.8. The molecule has 0 spiro atoms. The molecule has 10 fully saturated rings. The first-order valence-corrected chi connectivity index (χ1v) is 44.8. The maximum absolute atomic E-state index is 2.56. The lowest BCUT2D eigenvalue weighted by Gasteiger charge is -2.36. The molecule has 14 rings (SSSR count). The number of hydrogen-bond acceptors (Lipinski definition) is 0. The lowest BCUT2D eigenvalue weighted by atomic mass is 9.70. The molecule has 0 aliphatic heterocycles. The third-order valence-corrected chi connectivity index (χ3v) is 30.1. The van der Waals surface area contributed by atoms with E-state index in [0.717, 1.165) is 130 Å². The van der Waals surface area contributed by atoms with Crippen molar-refractivity contribution in [2.45, 2.75) is 404 Å². The maximum Gasteiger partial charge on any atom is 0 e. The molecule has 578 valence electrons. The predicted octanol–water partition coefficient (Wildman–Crippen LogP) is 34.1. The molecule has 2 aromatic rings. The highest BCUT2D eigenvalue weighted by molar-refractivity contribution is 5.26. The molecule has 0 saturated heterocycles. The van der Waals surface area contributed by atoms with Gasteiger partial charge in [-0.3, -0.25) is 0 Å². The van der Waals surface area contributed by atoms with Crippen molar-refractivity contribution in [3.8, 4) is 0 Å². The van der Waals surface area contributed by atoms with Crippen LogP contribution >= 0.6 is 0 Å². The Hall–Kier alpha value is -2.08. The number of benzene rings is 2. The molecule has 98 heavy (non-hydrogen) atoms. The second kappa shape index (κ2) is 44.0. The van der Waals surface area contributed by atoms with Crippen LogP contribution in [0.3, 0.4) is 0 Å². The summed E-state index contributed by atoms with van der Waals surface area (Å²) in [7, 11) is 0. The summed E-state index contributed by atoms with van der Waals surface area (Å²) in [5.41, 5.74) is 9.31. The van der Waals surface area contributed by atoms with Crippen LogP contribution in [0.25, 0.3) is 0 Å². The first kappa shape index (κ1) is 81.6. The molecule has 0 heteroatoms. The van der Waals surface area contributed by atoms with Crippen LogP contribution in [0.1, 0.15) is 427 Å². The molecule has 0 nitrogen and oxygen atoms in total. The van der Waals surface area contributed by atoms with E-state index in [1.165, 1.54) is 229 Å². The Morgan fingerprint density at radius 1 is 0.204 bits per heavy atom. The third-order valence-electron chi connectivity index (χ3n) is 30.1. The van der Waals surface area contributed by atoms with E-state index in [4.69, 9.17) is 0 Å². The van der Waals surface area contributed by atoms with Gasteiger partial charge in [-0.2, -0.15) is 0 Å². The van der Waals surface area contributed by atoms with Crippen LogP contribution in [-0.4, -0.2) is 0 Å². The smallest absolute Gasteiger partial charge is 0 e. The Balaban J connectivity index is -0.00000117. The lowest BCUT2D eigenvalue weighted by molar-refractivity contribution is 0.155. The number of rotatable bonds is 7. The Labute approximate surface area is 627 Å². The van der Waals surface area contributed by atoms with Gasteiger partial charge in [-0.25, -0.2) is 0 Å². The molecular weight excluding hydrogens is 1180 g/mol. The standard InChI is InChI=1S/3C14H26.2C14H24.2C14H20.10H2/c7*1-11-3-7-13(8-4-11)14-9-5-12(2)6-10-14;;;;;;;;;;/h3*11-14H,3-10H2,1-2H3;7,11-12,14H,3-6,8-10H2,1-2H3;3,12-14H,4-10H2,1-2H3;2*3-4,7-8,12,14H,5-6,9-10H2,1-2H3;10*1H. The molecule has 0 bridgehead atoms. The molecule has 12 aliphatic carbocycles. The highest BCUT2D eigenvalue weighted by Crippen LogP contribution is 2.46. The van der Waals surface area contributed by atoms with Crippen molar-refractivity contribution in [3.63, 3.8) is 0 Å². The number of hydrogen-bond donors (Lipinski definition) is 0. The van der Waals surface area contributed by atoms with Crippen molar-refractivity contribution in [3.05, 3.63) is 94.1 Å². The lowest BCUT2D eigenvalue weighted by Crippen LogP contribution is -2.24. The zero-order valence-electron chi connectivity index (χ0n) is 68.0. The van der Waals surface area contributed by atoms with Gasteiger partial charge in [-0.15, -0.1) is 0 Å². The second-order valence-electron chi connectivity index (χ2n) is 39.1. The Morgan fingerprint density at radius 3 is 0.663 bits per heavy atom. The monoisotopic (exact) mass is 1360 g/mol. The second-order valence-corrected chi connectivity index (χ2v) is 39.1. The van der Waals surface area contributed by atoms with Gasteiger partial charge >= 0.3 is 0 Å². The quantitative estimate of drug-likeness (QED) is 0.242. The largest absolute Gasteiger partial charge is 0.0853 e. The maximum atomic E-state index is 2.56. The number of aryl methyl sites for hydroxylation is 2. The fourth-order valence-corrected chi connectivity index (χ4v) is 21.6. The Bertz CT molecular complexity index is 2220. The molecule has 0 N–H and O–H groups in total. The summed E-state index contributed by atoms with van der Waals surface area (Å²) in [6.07, 6.45) is 73.2. The van der Waals surface area contributed by atoms with E-state index >= 15 is 0 Å². The van der Waals surface area contributed by atoms with Crippen molar-refractivity contribution in [1.82, 2.24) is 0 Å². The molecular formula is C98H186. The fraction of sp³-hybridized carbons (Fsp3) is 0.837. The van der Waals surface area contributed by atoms with E-state index in [0.29, 0.717) is 0 Å². The first-order chi connectivity index (χ1) is 47.3. The molecule has 12 aliphatic rings. The van der Waals surface area contributed by atoms with E-state index in [1.807, 2.05) is 5.57 Å². The van der Waals surface area contributed by atoms with Crippen LogP contribution in [0.5, 0.6) is 0 Å². The molecule has 0 aromatic heterocycles. The summed E-state index contributed by atoms with van der Waals surface area (Å²) >= 11 is 0. The topological polar surface area (TPSA) is 0 Å². The molecule has 2 atom stereocenters. The van der Waals surface area contributed by atoms with Gasteiger partial charge in [0.15, 0.2) is 0 Å². The minimum Gasteiger partial charge on any atom is -0.0853 e. The summed E-state index contributed by atoms with van der Waals surface area (Å²) in [6.45, 7) is 33.2. The number of allylic oxidation sites excluding steroid dienone is 4. The molecule has 10 saturated carbocycles. The van der Waals surface area contributed by atoms with Gasteiger partial charge < -0.3 is 0 Å². The third kappa shape index (κ3) is 29.5. The summed E-state index contributed by atoms with van der Waals surface area (Å²) in [6, 6.07) is 18.2. The van der Waals surface area contributed by atoms with Crippen LogP contribution in [0.15, 0.2) is 71.8 Å². The van der Waals surface area contributed by atoms with Crippen LogP contribution in [0.4, 0.5) is 0 Å². The van der Waals surface area contributed by atoms with Crippen molar-refractivity contribution >= 4 is 0 Å². The van der Waals surface area contributed by atoms with Crippen molar-refractivity contribution in [2.24, 2.45) is 118 Å². The molecule has 0 amide bonds. The summed E-state index contributed by atoms with van der Waals surface area (Å²) in [5.74, 6) is 22.4. The van der Waals surface area contributed by atoms with Crippen molar-refractivity contribution < 1.29 is 14.3 Å². The molecule has 0 radical (unpaired) electrons. The van der Waals surface area contributed by atoms with E-state index in [2.05, 4.69) is 158 Å². The highest BCUT2D eigenvalue weighted by Gasteiger charge is 2.33. The normalized spacial score (nSPS) is 38.4. The van der Waals surface area contributed by atoms with E-state index < -0.39 is 0 Å². The fourth-order valence-electron chi connectivity index (χ4n) is 21.6. The molecule has 2 unspecified atom stereocenters. The van der Waals surface area contributed by atoms with Gasteiger partial charge in [-0.05, 0) is 329 Å². The van der Waals surface area contributed by atoms with Gasteiger partial charge in [-0.1, -0.05) is 288 Å². The van der Waals surface area contributed by atoms with Crippen LogP contribution in [0.2, 0.25) is 0 Å². The zero-order valence-corrected chi connectivity index (χ0v) is 68.0. The zero-order chi connectivity index (χ0) is 69.8. The Kier molecular flexibility index (Phi) is 36.6. The van der Waals surface area contributed by atoms with E-state index in [-0.39, 0.29) is 14.3 Å². The van der Waals surface area contributed by atoms with Crippen LogP contribution in [0, 0.1) is 132 Å².